The Kier molecular flexibility index (Phi) is 6.95. The number of nitrogens with one attached hydrogen (secondary N) is 2. The van der Waals surface area contributed by atoms with Gasteiger partial charge in [-0.15, -0.1) is 0 Å². The number of carbonyl (C=O) groups is 1. The molecular weight excluding hydrogens is 472 g/mol. The van der Waals surface area contributed by atoms with E-state index in [9.17, 15) is 4.79 Å². The first-order valence-electron chi connectivity index (χ1n) is 11.9. The van der Waals surface area contributed by atoms with E-state index in [1.54, 1.807) is 32.5 Å². The van der Waals surface area contributed by atoms with Gasteiger partial charge in [0.2, 0.25) is 11.9 Å². The van der Waals surface area contributed by atoms with Crippen molar-refractivity contribution in [1.29, 1.82) is 0 Å². The first-order chi connectivity index (χ1) is 18.1. The number of hydrogen-bond acceptors (Lipinski definition) is 10. The molecule has 1 fully saturated rings. The molecule has 1 aromatic carbocycles. The maximum absolute atomic E-state index is 12.8. The average Bonchev–Trinajstić information content (AvgIpc) is 2.92. The van der Waals surface area contributed by atoms with Gasteiger partial charge in [0, 0.05) is 37.8 Å². The summed E-state index contributed by atoms with van der Waals surface area (Å²) in [6, 6.07) is 14.6. The number of piperazine rings is 1. The highest BCUT2D eigenvalue weighted by Gasteiger charge is 2.28. The molecule has 1 aliphatic rings. The summed E-state index contributed by atoms with van der Waals surface area (Å²) >= 11 is 0. The number of rotatable bonds is 7. The molecule has 4 heterocycles. The standard InChI is InChI=1S/C26H28N8O3/c1-36-20-9-6-16(13-21(20)37-2)18-7-8-19-24(30-18)25(33-26(27)31-19)34-12-11-28-15-17(34)14-23(35)32-22-5-3-4-10-29-22/h3-10,13,17,28H,11-12,14-15H2,1-2H3,(H2,27,31,33)(H,29,32,35). The SMILES string of the molecule is COc1ccc(-c2ccc3nc(N)nc(N4CCNCC4CC(=O)Nc4ccccn4)c3n2)cc1OC. The molecule has 4 N–H and O–H groups in total. The van der Waals surface area contributed by atoms with E-state index in [4.69, 9.17) is 20.2 Å². The lowest BCUT2D eigenvalue weighted by Gasteiger charge is -2.37. The third-order valence-electron chi connectivity index (χ3n) is 6.20. The van der Waals surface area contributed by atoms with Crippen LogP contribution in [0.25, 0.3) is 22.3 Å². The second-order valence-corrected chi connectivity index (χ2v) is 8.56. The fraction of sp³-hybridized carbons (Fsp3) is 0.269. The van der Waals surface area contributed by atoms with E-state index in [0.29, 0.717) is 47.3 Å². The van der Waals surface area contributed by atoms with Crippen LogP contribution in [0.1, 0.15) is 6.42 Å². The molecule has 0 radical (unpaired) electrons. The number of nitrogens with zero attached hydrogens (tertiary/aromatic N) is 5. The molecule has 37 heavy (non-hydrogen) atoms. The summed E-state index contributed by atoms with van der Waals surface area (Å²) in [5, 5.41) is 6.23. The zero-order valence-electron chi connectivity index (χ0n) is 20.6. The Labute approximate surface area is 214 Å². The summed E-state index contributed by atoms with van der Waals surface area (Å²) in [5.74, 6) is 2.37. The molecule has 5 rings (SSSR count). The average molecular weight is 501 g/mol. The summed E-state index contributed by atoms with van der Waals surface area (Å²) in [7, 11) is 3.19. The molecule has 11 heteroatoms. The molecule has 11 nitrogen and oxygen atoms in total. The lowest BCUT2D eigenvalue weighted by Crippen LogP contribution is -2.53. The van der Waals surface area contributed by atoms with Gasteiger partial charge in [-0.05, 0) is 42.5 Å². The van der Waals surface area contributed by atoms with Gasteiger partial charge >= 0.3 is 0 Å². The Morgan fingerprint density at radius 1 is 1.11 bits per heavy atom. The molecule has 1 amide bonds. The molecule has 190 valence electrons. The summed E-state index contributed by atoms with van der Waals surface area (Å²) in [4.78, 5) is 33.0. The van der Waals surface area contributed by atoms with Gasteiger partial charge in [0.05, 0.1) is 31.5 Å². The molecule has 1 saturated heterocycles. The van der Waals surface area contributed by atoms with Crippen molar-refractivity contribution in [3.8, 4) is 22.8 Å². The van der Waals surface area contributed by atoms with Crippen LogP contribution in [0, 0.1) is 0 Å². The minimum absolute atomic E-state index is 0.136. The molecule has 0 saturated carbocycles. The molecule has 3 aromatic heterocycles. The monoisotopic (exact) mass is 500 g/mol. The number of nitrogen functional groups attached to an aromatic ring is 1. The highest BCUT2D eigenvalue weighted by molar-refractivity contribution is 5.92. The molecule has 1 atom stereocenters. The van der Waals surface area contributed by atoms with E-state index in [1.165, 1.54) is 0 Å². The van der Waals surface area contributed by atoms with Gasteiger partial charge in [0.25, 0.3) is 0 Å². The lowest BCUT2D eigenvalue weighted by molar-refractivity contribution is -0.116. The van der Waals surface area contributed by atoms with Crippen LogP contribution in [0.5, 0.6) is 11.5 Å². The fourth-order valence-corrected chi connectivity index (χ4v) is 4.44. The van der Waals surface area contributed by atoms with Crippen molar-refractivity contribution >= 4 is 34.5 Å². The largest absolute Gasteiger partial charge is 0.493 e. The van der Waals surface area contributed by atoms with Crippen molar-refractivity contribution in [2.24, 2.45) is 0 Å². The number of nitrogens with two attached hydrogens (primary N) is 1. The summed E-state index contributed by atoms with van der Waals surface area (Å²) in [6.07, 6.45) is 1.88. The predicted octanol–water partition coefficient (Wildman–Crippen LogP) is 2.49. The van der Waals surface area contributed by atoms with E-state index in [-0.39, 0.29) is 24.3 Å². The minimum Gasteiger partial charge on any atom is -0.493 e. The summed E-state index contributed by atoms with van der Waals surface area (Å²) in [5.41, 5.74) is 8.91. The second-order valence-electron chi connectivity index (χ2n) is 8.56. The van der Waals surface area contributed by atoms with E-state index >= 15 is 0 Å². The Bertz CT molecular complexity index is 1420. The number of ether oxygens (including phenoxy) is 2. The fourth-order valence-electron chi connectivity index (χ4n) is 4.44. The van der Waals surface area contributed by atoms with Crippen LogP contribution in [0.4, 0.5) is 17.6 Å². The molecule has 0 aliphatic carbocycles. The van der Waals surface area contributed by atoms with E-state index in [2.05, 4.69) is 30.5 Å². The molecular formula is C26H28N8O3. The molecule has 4 aromatic rings. The summed E-state index contributed by atoms with van der Waals surface area (Å²) < 4.78 is 10.8. The quantitative estimate of drug-likeness (QED) is 0.347. The Morgan fingerprint density at radius 3 is 2.76 bits per heavy atom. The van der Waals surface area contributed by atoms with Gasteiger partial charge in [-0.2, -0.15) is 4.98 Å². The van der Waals surface area contributed by atoms with Crippen molar-refractivity contribution in [3.63, 3.8) is 0 Å². The summed E-state index contributed by atoms with van der Waals surface area (Å²) in [6.45, 7) is 1.98. The number of carbonyl (C=O) groups excluding carboxylic acids is 1. The third-order valence-corrected chi connectivity index (χ3v) is 6.20. The van der Waals surface area contributed by atoms with E-state index in [1.807, 2.05) is 36.4 Å². The zero-order chi connectivity index (χ0) is 25.8. The van der Waals surface area contributed by atoms with Crippen molar-refractivity contribution in [2.45, 2.75) is 12.5 Å². The number of hydrogen-bond donors (Lipinski definition) is 3. The van der Waals surface area contributed by atoms with Crippen molar-refractivity contribution < 1.29 is 14.3 Å². The Morgan fingerprint density at radius 2 is 1.97 bits per heavy atom. The topological polar surface area (TPSA) is 140 Å². The van der Waals surface area contributed by atoms with E-state index in [0.717, 1.165) is 17.8 Å². The van der Waals surface area contributed by atoms with Crippen molar-refractivity contribution in [2.75, 3.05) is 49.8 Å². The predicted molar refractivity (Wildman–Crippen MR) is 142 cm³/mol. The third kappa shape index (κ3) is 5.21. The highest BCUT2D eigenvalue weighted by atomic mass is 16.5. The first kappa shape index (κ1) is 24.2. The van der Waals surface area contributed by atoms with Gasteiger partial charge in [0.15, 0.2) is 17.3 Å². The maximum atomic E-state index is 12.8. The van der Waals surface area contributed by atoms with E-state index < -0.39 is 0 Å². The Balaban J connectivity index is 1.49. The zero-order valence-corrected chi connectivity index (χ0v) is 20.6. The number of anilines is 3. The minimum atomic E-state index is -0.165. The molecule has 1 aliphatic heterocycles. The van der Waals surface area contributed by atoms with Gasteiger partial charge in [0.1, 0.15) is 11.3 Å². The molecule has 0 spiro atoms. The maximum Gasteiger partial charge on any atom is 0.227 e. The van der Waals surface area contributed by atoms with Gasteiger partial charge in [-0.25, -0.2) is 15.0 Å². The van der Waals surface area contributed by atoms with Crippen LogP contribution < -0.4 is 30.7 Å². The van der Waals surface area contributed by atoms with Crippen LogP contribution >= 0.6 is 0 Å². The van der Waals surface area contributed by atoms with Crippen molar-refractivity contribution in [1.82, 2.24) is 25.3 Å². The van der Waals surface area contributed by atoms with Crippen LogP contribution in [-0.4, -0.2) is 65.7 Å². The number of aromatic nitrogens is 4. The Hall–Kier alpha value is -4.51. The normalized spacial score (nSPS) is 15.4. The first-order valence-corrected chi connectivity index (χ1v) is 11.9. The van der Waals surface area contributed by atoms with Gasteiger partial charge < -0.3 is 30.7 Å². The number of benzene rings is 1. The highest BCUT2D eigenvalue weighted by Crippen LogP contribution is 2.33. The van der Waals surface area contributed by atoms with Crippen LogP contribution in [-0.2, 0) is 4.79 Å². The number of pyridine rings is 2. The van der Waals surface area contributed by atoms with Crippen LogP contribution in [0.15, 0.2) is 54.7 Å². The van der Waals surface area contributed by atoms with Gasteiger partial charge in [-0.3, -0.25) is 4.79 Å². The van der Waals surface area contributed by atoms with Crippen LogP contribution in [0.2, 0.25) is 0 Å². The molecule has 1 unspecified atom stereocenters. The van der Waals surface area contributed by atoms with Crippen molar-refractivity contribution in [3.05, 3.63) is 54.7 Å². The second kappa shape index (κ2) is 10.6. The smallest absolute Gasteiger partial charge is 0.227 e. The number of amides is 1. The van der Waals surface area contributed by atoms with Crippen LogP contribution in [0.3, 0.4) is 0 Å². The number of fused-ring (bicyclic) bond motifs is 1. The number of methoxy groups -OCH3 is 2. The molecule has 0 bridgehead atoms. The lowest BCUT2D eigenvalue weighted by atomic mass is 10.1. The van der Waals surface area contributed by atoms with Gasteiger partial charge in [-0.1, -0.05) is 6.07 Å².